The van der Waals surface area contributed by atoms with E-state index in [-0.39, 0.29) is 22.6 Å². The molecule has 4 atom stereocenters. The van der Waals surface area contributed by atoms with Gasteiger partial charge in [0.15, 0.2) is 0 Å². The molecule has 2 aromatic carbocycles. The second kappa shape index (κ2) is 11.3. The van der Waals surface area contributed by atoms with Crippen molar-refractivity contribution in [2.75, 3.05) is 11.6 Å². The van der Waals surface area contributed by atoms with Gasteiger partial charge in [0.2, 0.25) is 10.0 Å². The number of amides is 1. The van der Waals surface area contributed by atoms with E-state index in [9.17, 15) is 23.1 Å². The molecule has 0 radical (unpaired) electrons. The Morgan fingerprint density at radius 3 is 2.50 bits per heavy atom. The molecule has 11 heteroatoms. The van der Waals surface area contributed by atoms with Gasteiger partial charge in [-0.1, -0.05) is 60.3 Å². The second-order valence-corrected chi connectivity index (χ2v) is 12.3. The molecule has 4 unspecified atom stereocenters. The van der Waals surface area contributed by atoms with Gasteiger partial charge in [0.1, 0.15) is 5.92 Å². The summed E-state index contributed by atoms with van der Waals surface area (Å²) < 4.78 is 28.3. The molecule has 1 aliphatic carbocycles. The molecule has 0 spiro atoms. The van der Waals surface area contributed by atoms with Gasteiger partial charge in [0, 0.05) is 33.6 Å². The minimum absolute atomic E-state index is 0.124. The number of benzene rings is 2. The third-order valence-corrected chi connectivity index (χ3v) is 9.21. The van der Waals surface area contributed by atoms with Crippen LogP contribution in [0.1, 0.15) is 65.5 Å². The van der Waals surface area contributed by atoms with Gasteiger partial charge in [-0.3, -0.25) is 9.59 Å². The minimum atomic E-state index is -3.65. The van der Waals surface area contributed by atoms with Crippen LogP contribution in [0.25, 0.3) is 0 Å². The number of halogens is 3. The maximum atomic E-state index is 14.0. The Kier molecular flexibility index (Phi) is 8.52. The van der Waals surface area contributed by atoms with Crippen LogP contribution in [-0.4, -0.2) is 54.0 Å². The van der Waals surface area contributed by atoms with E-state index in [4.69, 9.17) is 34.8 Å². The fourth-order valence-electron chi connectivity index (χ4n) is 5.37. The van der Waals surface area contributed by atoms with E-state index >= 15 is 0 Å². The number of hydrogen-bond acceptors (Lipinski definition) is 4. The van der Waals surface area contributed by atoms with Crippen LogP contribution in [0.3, 0.4) is 0 Å². The lowest BCUT2D eigenvalue weighted by Crippen LogP contribution is -2.58. The number of fused-ring (bicyclic) bond motifs is 1. The summed E-state index contributed by atoms with van der Waals surface area (Å²) in [5.41, 5.74) is 1.14. The standard InChI is InChI=1S/C25H27Cl3N2O5S/c26-12-5-13-36(34,35)29-20-8-3-4-9-21(20)30-23(18-11-10-15(27)14-19(18)28)22(25(32)33)16-6-1-2-7-17(16)24(30)31/h1-2,6-7,10-11,14,20-23,29H,3-5,8-9,12-13H2,(H,32,33). The third-order valence-electron chi connectivity index (χ3n) is 6.89. The first kappa shape index (κ1) is 27.2. The lowest BCUT2D eigenvalue weighted by molar-refractivity contribution is -0.141. The average Bonchev–Trinajstić information content (AvgIpc) is 2.83. The van der Waals surface area contributed by atoms with E-state index in [1.54, 1.807) is 41.3 Å². The number of alkyl halides is 1. The molecule has 2 aromatic rings. The molecule has 1 saturated carbocycles. The zero-order valence-corrected chi connectivity index (χ0v) is 22.5. The SMILES string of the molecule is O=C(O)C1c2ccccc2C(=O)N(C2CCCCC2NS(=O)(=O)CCCCl)C1c1ccc(Cl)cc1Cl. The number of nitrogens with zero attached hydrogens (tertiary/aromatic N) is 1. The molecule has 0 bridgehead atoms. The number of hydrogen-bond donors (Lipinski definition) is 2. The van der Waals surface area contributed by atoms with Crippen LogP contribution >= 0.6 is 34.8 Å². The molecule has 1 fully saturated rings. The van der Waals surface area contributed by atoms with Crippen molar-refractivity contribution in [2.24, 2.45) is 0 Å². The Morgan fingerprint density at radius 2 is 1.81 bits per heavy atom. The van der Waals surface area contributed by atoms with Crippen molar-refractivity contribution in [1.82, 2.24) is 9.62 Å². The molecule has 0 aromatic heterocycles. The van der Waals surface area contributed by atoms with Gasteiger partial charge in [-0.25, -0.2) is 13.1 Å². The molecule has 4 rings (SSSR count). The monoisotopic (exact) mass is 572 g/mol. The number of aliphatic carboxylic acids is 1. The maximum Gasteiger partial charge on any atom is 0.313 e. The van der Waals surface area contributed by atoms with Gasteiger partial charge in [-0.15, -0.1) is 11.6 Å². The zero-order valence-electron chi connectivity index (χ0n) is 19.4. The fourth-order valence-corrected chi connectivity index (χ4v) is 7.56. The Morgan fingerprint density at radius 1 is 1.08 bits per heavy atom. The smallest absolute Gasteiger partial charge is 0.313 e. The molecule has 1 amide bonds. The number of nitrogens with one attached hydrogen (secondary N) is 1. The Balaban J connectivity index is 1.86. The first-order chi connectivity index (χ1) is 17.1. The molecule has 36 heavy (non-hydrogen) atoms. The van der Waals surface area contributed by atoms with Crippen LogP contribution in [0.4, 0.5) is 0 Å². The van der Waals surface area contributed by atoms with E-state index in [0.717, 1.165) is 12.8 Å². The van der Waals surface area contributed by atoms with Crippen LogP contribution in [0.15, 0.2) is 42.5 Å². The first-order valence-electron chi connectivity index (χ1n) is 11.8. The van der Waals surface area contributed by atoms with E-state index in [1.807, 2.05) is 0 Å². The quantitative estimate of drug-likeness (QED) is 0.422. The van der Waals surface area contributed by atoms with Gasteiger partial charge in [0.05, 0.1) is 11.8 Å². The molecular weight excluding hydrogens is 547 g/mol. The van der Waals surface area contributed by atoms with E-state index in [0.29, 0.717) is 41.0 Å². The van der Waals surface area contributed by atoms with Crippen molar-refractivity contribution in [3.8, 4) is 0 Å². The predicted octanol–water partition coefficient (Wildman–Crippen LogP) is 5.22. The Labute approximate surface area is 225 Å². The van der Waals surface area contributed by atoms with Gasteiger partial charge in [-0.05, 0) is 48.6 Å². The fraction of sp³-hybridized carbons (Fsp3) is 0.440. The largest absolute Gasteiger partial charge is 0.481 e. The summed E-state index contributed by atoms with van der Waals surface area (Å²) in [6, 6.07) is 9.33. The maximum absolute atomic E-state index is 14.0. The molecule has 2 N–H and O–H groups in total. The van der Waals surface area contributed by atoms with Gasteiger partial charge < -0.3 is 10.0 Å². The highest BCUT2D eigenvalue weighted by molar-refractivity contribution is 7.89. The highest BCUT2D eigenvalue weighted by Gasteiger charge is 2.49. The first-order valence-corrected chi connectivity index (χ1v) is 14.7. The summed E-state index contributed by atoms with van der Waals surface area (Å²) in [4.78, 5) is 28.3. The molecule has 194 valence electrons. The number of carboxylic acids is 1. The highest BCUT2D eigenvalue weighted by atomic mass is 35.5. The van der Waals surface area contributed by atoms with Crippen molar-refractivity contribution in [3.05, 3.63) is 69.2 Å². The van der Waals surface area contributed by atoms with E-state index in [2.05, 4.69) is 4.72 Å². The zero-order chi connectivity index (χ0) is 26.0. The third kappa shape index (κ3) is 5.53. The number of rotatable bonds is 8. The average molecular weight is 574 g/mol. The lowest BCUT2D eigenvalue weighted by Gasteiger charge is -2.48. The summed E-state index contributed by atoms with van der Waals surface area (Å²) in [7, 11) is -3.65. The topological polar surface area (TPSA) is 104 Å². The summed E-state index contributed by atoms with van der Waals surface area (Å²) in [6.45, 7) is 0. The Bertz CT molecular complexity index is 1260. The van der Waals surface area contributed by atoms with Crippen LogP contribution < -0.4 is 4.72 Å². The van der Waals surface area contributed by atoms with Crippen molar-refractivity contribution in [3.63, 3.8) is 0 Å². The van der Waals surface area contributed by atoms with Crippen molar-refractivity contribution < 1.29 is 23.1 Å². The second-order valence-electron chi connectivity index (χ2n) is 9.16. The molecular formula is C25H27Cl3N2O5S. The number of carbonyl (C=O) groups is 2. The number of carbonyl (C=O) groups excluding carboxylic acids is 1. The summed E-state index contributed by atoms with van der Waals surface area (Å²) >= 11 is 18.4. The van der Waals surface area contributed by atoms with Gasteiger partial charge in [-0.2, -0.15) is 0 Å². The molecule has 7 nitrogen and oxygen atoms in total. The normalized spacial score (nSPS) is 24.4. The van der Waals surface area contributed by atoms with Crippen LogP contribution in [0.5, 0.6) is 0 Å². The number of sulfonamides is 1. The van der Waals surface area contributed by atoms with E-state index < -0.39 is 40.0 Å². The van der Waals surface area contributed by atoms with Crippen molar-refractivity contribution in [2.45, 2.75) is 56.1 Å². The van der Waals surface area contributed by atoms with Gasteiger partial charge >= 0.3 is 5.97 Å². The van der Waals surface area contributed by atoms with Crippen LogP contribution in [0.2, 0.25) is 10.0 Å². The molecule has 2 aliphatic rings. The van der Waals surface area contributed by atoms with Crippen molar-refractivity contribution in [1.29, 1.82) is 0 Å². The summed E-state index contributed by atoms with van der Waals surface area (Å²) in [5, 5.41) is 11.0. The lowest BCUT2D eigenvalue weighted by atomic mass is 9.77. The Hall–Kier alpha value is -1.84. The summed E-state index contributed by atoms with van der Waals surface area (Å²) in [5.74, 6) is -2.47. The van der Waals surface area contributed by atoms with Gasteiger partial charge in [0.25, 0.3) is 5.91 Å². The predicted molar refractivity (Wildman–Crippen MR) is 140 cm³/mol. The highest BCUT2D eigenvalue weighted by Crippen LogP contribution is 2.47. The molecule has 0 saturated heterocycles. The minimum Gasteiger partial charge on any atom is -0.481 e. The molecule has 1 heterocycles. The van der Waals surface area contributed by atoms with Crippen molar-refractivity contribution >= 4 is 56.7 Å². The summed E-state index contributed by atoms with van der Waals surface area (Å²) in [6.07, 6.45) is 2.90. The number of carboxylic acid groups (broad SMARTS) is 1. The van der Waals surface area contributed by atoms with Crippen LogP contribution in [0, 0.1) is 0 Å². The molecule has 1 aliphatic heterocycles. The van der Waals surface area contributed by atoms with E-state index in [1.165, 1.54) is 6.07 Å². The van der Waals surface area contributed by atoms with Crippen LogP contribution in [-0.2, 0) is 14.8 Å².